The summed E-state index contributed by atoms with van der Waals surface area (Å²) in [7, 11) is 0. The molecule has 1 saturated heterocycles. The van der Waals surface area contributed by atoms with Crippen LogP contribution in [0.15, 0.2) is 11.6 Å². The lowest BCUT2D eigenvalue weighted by Gasteiger charge is -2.27. The summed E-state index contributed by atoms with van der Waals surface area (Å²) in [6.07, 6.45) is 9.58. The third kappa shape index (κ3) is 2.91. The highest BCUT2D eigenvalue weighted by Gasteiger charge is 2.33. The number of nitrogens with zero attached hydrogens (tertiary/aromatic N) is 2. The van der Waals surface area contributed by atoms with Crippen molar-refractivity contribution in [2.75, 3.05) is 6.54 Å². The quantitative estimate of drug-likeness (QED) is 0.828. The molecule has 0 spiro atoms. The lowest BCUT2D eigenvalue weighted by atomic mass is 9.98. The Labute approximate surface area is 117 Å². The summed E-state index contributed by atoms with van der Waals surface area (Å²) in [6, 6.07) is 0.135. The van der Waals surface area contributed by atoms with Crippen LogP contribution < -0.4 is 0 Å². The Balaban J connectivity index is 1.62. The molecule has 4 nitrogen and oxygen atoms in total. The van der Waals surface area contributed by atoms with Gasteiger partial charge in [-0.1, -0.05) is 6.42 Å². The molecule has 5 heteroatoms. The van der Waals surface area contributed by atoms with Crippen LogP contribution in [0.1, 0.15) is 56.0 Å². The summed E-state index contributed by atoms with van der Waals surface area (Å²) >= 11 is 1.63. The van der Waals surface area contributed by atoms with Crippen molar-refractivity contribution in [2.45, 2.75) is 57.1 Å². The minimum atomic E-state index is -0.135. The lowest BCUT2D eigenvalue weighted by Crippen LogP contribution is -2.34. The van der Waals surface area contributed by atoms with E-state index in [2.05, 4.69) is 4.98 Å². The van der Waals surface area contributed by atoms with Crippen molar-refractivity contribution >= 4 is 17.4 Å². The van der Waals surface area contributed by atoms with Gasteiger partial charge in [0.2, 0.25) is 0 Å². The second-order valence-electron chi connectivity index (χ2n) is 5.37. The van der Waals surface area contributed by atoms with Crippen LogP contribution in [0.2, 0.25) is 0 Å². The topological polar surface area (TPSA) is 42.4 Å². The van der Waals surface area contributed by atoms with Gasteiger partial charge in [0, 0.05) is 18.1 Å². The molecular weight excluding hydrogens is 260 g/mol. The van der Waals surface area contributed by atoms with E-state index in [1.165, 1.54) is 19.3 Å². The lowest BCUT2D eigenvalue weighted by molar-refractivity contribution is 0.0429. The molecule has 0 radical (unpaired) electrons. The summed E-state index contributed by atoms with van der Waals surface area (Å²) in [6.45, 7) is 0.801. The van der Waals surface area contributed by atoms with Gasteiger partial charge in [-0.2, -0.15) is 0 Å². The van der Waals surface area contributed by atoms with Gasteiger partial charge in [-0.25, -0.2) is 9.78 Å². The standard InChI is InChI=1S/C14H20N2O2S/c17-14(18-11-5-2-1-3-6-11)16-9-4-7-12(16)13-15-8-10-19-13/h8,10-12H,1-7,9H2. The van der Waals surface area contributed by atoms with E-state index in [0.29, 0.717) is 0 Å². The molecule has 104 valence electrons. The van der Waals surface area contributed by atoms with Crippen LogP contribution in [0.4, 0.5) is 4.79 Å². The predicted octanol–water partition coefficient (Wildman–Crippen LogP) is 3.75. The molecule has 2 heterocycles. The summed E-state index contributed by atoms with van der Waals surface area (Å²) in [5.41, 5.74) is 0. The fourth-order valence-electron chi connectivity index (χ4n) is 3.03. The first kappa shape index (κ1) is 12.9. The van der Waals surface area contributed by atoms with Crippen LogP contribution >= 0.6 is 11.3 Å². The molecule has 0 N–H and O–H groups in total. The van der Waals surface area contributed by atoms with Crippen molar-refractivity contribution in [3.8, 4) is 0 Å². The molecular formula is C14H20N2O2S. The number of aromatic nitrogens is 1. The highest BCUT2D eigenvalue weighted by molar-refractivity contribution is 7.09. The third-order valence-corrected chi connectivity index (χ3v) is 4.92. The first-order chi connectivity index (χ1) is 9.34. The van der Waals surface area contributed by atoms with E-state index in [1.807, 2.05) is 16.5 Å². The molecule has 1 saturated carbocycles. The summed E-state index contributed by atoms with van der Waals surface area (Å²) in [4.78, 5) is 18.5. The predicted molar refractivity (Wildman–Crippen MR) is 74.1 cm³/mol. The zero-order valence-electron chi connectivity index (χ0n) is 11.1. The minimum Gasteiger partial charge on any atom is -0.446 e. The molecule has 0 bridgehead atoms. The molecule has 1 aliphatic heterocycles. The fraction of sp³-hybridized carbons (Fsp3) is 0.714. The highest BCUT2D eigenvalue weighted by Crippen LogP contribution is 2.34. The Bertz CT molecular complexity index is 415. The molecule has 3 rings (SSSR count). The van der Waals surface area contributed by atoms with Gasteiger partial charge >= 0.3 is 6.09 Å². The Kier molecular flexibility index (Phi) is 4.01. The Morgan fingerprint density at radius 3 is 2.84 bits per heavy atom. The number of likely N-dealkylation sites (tertiary alicyclic amines) is 1. The number of hydrogen-bond donors (Lipinski definition) is 0. The maximum Gasteiger partial charge on any atom is 0.410 e. The van der Waals surface area contributed by atoms with Gasteiger partial charge in [0.25, 0.3) is 0 Å². The Hall–Kier alpha value is -1.10. The SMILES string of the molecule is O=C(OC1CCCCC1)N1CCCC1c1nccs1. The second kappa shape index (κ2) is 5.90. The first-order valence-electron chi connectivity index (χ1n) is 7.21. The summed E-state index contributed by atoms with van der Waals surface area (Å²) in [5.74, 6) is 0. The molecule has 2 fully saturated rings. The van der Waals surface area contributed by atoms with Gasteiger partial charge in [0.05, 0.1) is 6.04 Å². The van der Waals surface area contributed by atoms with Crippen LogP contribution in [-0.4, -0.2) is 28.6 Å². The average Bonchev–Trinajstić information content (AvgIpc) is 3.10. The summed E-state index contributed by atoms with van der Waals surface area (Å²) < 4.78 is 5.67. The van der Waals surface area contributed by atoms with Gasteiger partial charge in [-0.3, -0.25) is 4.90 Å². The summed E-state index contributed by atoms with van der Waals surface area (Å²) in [5, 5.41) is 3.01. The normalized spacial score (nSPS) is 24.6. The van der Waals surface area contributed by atoms with E-state index in [1.54, 1.807) is 11.3 Å². The van der Waals surface area contributed by atoms with Crippen molar-refractivity contribution in [1.82, 2.24) is 9.88 Å². The maximum absolute atomic E-state index is 12.3. The molecule has 1 atom stereocenters. The molecule has 2 aliphatic rings. The zero-order valence-corrected chi connectivity index (χ0v) is 11.9. The number of thiazole rings is 1. The molecule has 1 unspecified atom stereocenters. The largest absolute Gasteiger partial charge is 0.446 e. The third-order valence-electron chi connectivity index (χ3n) is 4.04. The fourth-order valence-corrected chi connectivity index (χ4v) is 3.82. The van der Waals surface area contributed by atoms with Gasteiger partial charge in [0.1, 0.15) is 11.1 Å². The first-order valence-corrected chi connectivity index (χ1v) is 8.09. The van der Waals surface area contributed by atoms with Crippen molar-refractivity contribution < 1.29 is 9.53 Å². The van der Waals surface area contributed by atoms with Crippen molar-refractivity contribution in [3.05, 3.63) is 16.6 Å². The van der Waals surface area contributed by atoms with Crippen LogP contribution in [0.25, 0.3) is 0 Å². The molecule has 1 aliphatic carbocycles. The number of carbonyl (C=O) groups excluding carboxylic acids is 1. The number of hydrogen-bond acceptors (Lipinski definition) is 4. The van der Waals surface area contributed by atoms with Crippen LogP contribution in [0, 0.1) is 0 Å². The maximum atomic E-state index is 12.3. The number of ether oxygens (including phenoxy) is 1. The van der Waals surface area contributed by atoms with E-state index < -0.39 is 0 Å². The van der Waals surface area contributed by atoms with Gasteiger partial charge in [-0.05, 0) is 38.5 Å². The van der Waals surface area contributed by atoms with E-state index in [0.717, 1.165) is 37.2 Å². The van der Waals surface area contributed by atoms with Crippen molar-refractivity contribution in [3.63, 3.8) is 0 Å². The number of amides is 1. The monoisotopic (exact) mass is 280 g/mol. The Morgan fingerprint density at radius 1 is 1.26 bits per heavy atom. The molecule has 1 aromatic rings. The van der Waals surface area contributed by atoms with Crippen LogP contribution in [0.5, 0.6) is 0 Å². The van der Waals surface area contributed by atoms with Crippen LogP contribution in [-0.2, 0) is 4.74 Å². The second-order valence-corrected chi connectivity index (χ2v) is 6.29. The van der Waals surface area contributed by atoms with E-state index >= 15 is 0 Å². The minimum absolute atomic E-state index is 0.135. The van der Waals surface area contributed by atoms with Gasteiger partial charge < -0.3 is 4.74 Å². The molecule has 0 aromatic carbocycles. The van der Waals surface area contributed by atoms with Crippen molar-refractivity contribution in [2.24, 2.45) is 0 Å². The Morgan fingerprint density at radius 2 is 2.11 bits per heavy atom. The number of carbonyl (C=O) groups is 1. The molecule has 1 amide bonds. The van der Waals surface area contributed by atoms with E-state index in [-0.39, 0.29) is 18.2 Å². The van der Waals surface area contributed by atoms with Gasteiger partial charge in [0.15, 0.2) is 0 Å². The van der Waals surface area contributed by atoms with E-state index in [9.17, 15) is 4.79 Å². The van der Waals surface area contributed by atoms with Gasteiger partial charge in [-0.15, -0.1) is 11.3 Å². The van der Waals surface area contributed by atoms with E-state index in [4.69, 9.17) is 4.74 Å². The zero-order chi connectivity index (χ0) is 13.1. The highest BCUT2D eigenvalue weighted by atomic mass is 32.1. The van der Waals surface area contributed by atoms with Crippen molar-refractivity contribution in [1.29, 1.82) is 0 Å². The number of rotatable bonds is 2. The molecule has 19 heavy (non-hydrogen) atoms. The molecule has 1 aromatic heterocycles. The smallest absolute Gasteiger partial charge is 0.410 e. The average molecular weight is 280 g/mol. The van der Waals surface area contributed by atoms with Crippen LogP contribution in [0.3, 0.4) is 0 Å².